The molecule has 1 heterocycles. The lowest BCUT2D eigenvalue weighted by atomic mass is 9.83. The van der Waals surface area contributed by atoms with Crippen molar-refractivity contribution in [2.24, 2.45) is 0 Å². The van der Waals surface area contributed by atoms with Gasteiger partial charge in [0.05, 0.1) is 0 Å². The zero-order valence-electron chi connectivity index (χ0n) is 14.3. The van der Waals surface area contributed by atoms with E-state index in [2.05, 4.69) is 47.8 Å². The lowest BCUT2D eigenvalue weighted by Crippen LogP contribution is -2.26. The molecule has 1 N–H and O–H groups in total. The monoisotopic (exact) mass is 315 g/mol. The molecule has 5 rings (SSSR count). The summed E-state index contributed by atoms with van der Waals surface area (Å²) in [6.45, 7) is 2.31. The van der Waals surface area contributed by atoms with Gasteiger partial charge in [0.15, 0.2) is 0 Å². The summed E-state index contributed by atoms with van der Waals surface area (Å²) in [5, 5.41) is 9.40. The van der Waals surface area contributed by atoms with Gasteiger partial charge in [0.1, 0.15) is 0 Å². The number of nitrogens with one attached hydrogen (secondary N) is 1. The van der Waals surface area contributed by atoms with E-state index in [1.165, 1.54) is 60.1 Å². The van der Waals surface area contributed by atoms with Gasteiger partial charge in [-0.25, -0.2) is 0 Å². The zero-order valence-corrected chi connectivity index (χ0v) is 14.3. The lowest BCUT2D eigenvalue weighted by molar-refractivity contribution is 0.462. The van der Waals surface area contributed by atoms with Crippen molar-refractivity contribution in [2.75, 3.05) is 13.1 Å². The Kier molecular flexibility index (Phi) is 3.56. The van der Waals surface area contributed by atoms with Gasteiger partial charge >= 0.3 is 0 Å². The molecule has 3 aromatic carbocycles. The number of aryl methyl sites for hydroxylation is 2. The Morgan fingerprint density at radius 1 is 0.708 bits per heavy atom. The van der Waals surface area contributed by atoms with Crippen molar-refractivity contribution in [3.8, 4) is 0 Å². The zero-order chi connectivity index (χ0) is 15.9. The van der Waals surface area contributed by atoms with Crippen LogP contribution in [0.25, 0.3) is 21.5 Å². The second kappa shape index (κ2) is 5.89. The van der Waals surface area contributed by atoms with Crippen LogP contribution in [0.3, 0.4) is 0 Å². The minimum atomic E-state index is 0.713. The van der Waals surface area contributed by atoms with Crippen molar-refractivity contribution in [3.63, 3.8) is 0 Å². The van der Waals surface area contributed by atoms with Crippen LogP contribution in [0.2, 0.25) is 0 Å². The van der Waals surface area contributed by atoms with E-state index >= 15 is 0 Å². The van der Waals surface area contributed by atoms with Crippen molar-refractivity contribution >= 4 is 21.5 Å². The molecule has 1 heteroatoms. The van der Waals surface area contributed by atoms with E-state index < -0.39 is 0 Å². The third kappa shape index (κ3) is 2.26. The van der Waals surface area contributed by atoms with Crippen LogP contribution in [-0.2, 0) is 12.8 Å². The third-order valence-electron chi connectivity index (χ3n) is 6.20. The van der Waals surface area contributed by atoms with E-state index in [1.54, 1.807) is 16.7 Å². The van der Waals surface area contributed by atoms with Gasteiger partial charge in [-0.2, -0.15) is 0 Å². The summed E-state index contributed by atoms with van der Waals surface area (Å²) in [7, 11) is 0. The minimum Gasteiger partial charge on any atom is -0.317 e. The largest absolute Gasteiger partial charge is 0.317 e. The highest BCUT2D eigenvalue weighted by Crippen LogP contribution is 2.37. The van der Waals surface area contributed by atoms with E-state index in [1.807, 2.05) is 0 Å². The lowest BCUT2D eigenvalue weighted by Gasteiger charge is -2.25. The van der Waals surface area contributed by atoms with Crippen LogP contribution >= 0.6 is 0 Å². The van der Waals surface area contributed by atoms with E-state index in [0.717, 1.165) is 13.1 Å². The molecule has 2 aliphatic rings. The Morgan fingerprint density at radius 2 is 1.46 bits per heavy atom. The van der Waals surface area contributed by atoms with Crippen molar-refractivity contribution in [2.45, 2.75) is 44.4 Å². The van der Waals surface area contributed by atoms with Gasteiger partial charge in [0.2, 0.25) is 0 Å². The molecule has 1 saturated heterocycles. The van der Waals surface area contributed by atoms with Crippen LogP contribution < -0.4 is 5.32 Å². The van der Waals surface area contributed by atoms with Crippen LogP contribution in [0.15, 0.2) is 42.5 Å². The highest BCUT2D eigenvalue weighted by Gasteiger charge is 2.19. The Morgan fingerprint density at radius 3 is 2.38 bits per heavy atom. The number of hydrogen-bond acceptors (Lipinski definition) is 1. The standard InChI is InChI=1S/C23H25N/c1-2-5-18-16(4-1)8-9-23-20-7-3-6-19(17-12-14-24-15-13-17)21(20)10-11-22(18)23/h3,6-11,17,24H,1-2,4-5,12-15H2. The molecule has 0 bridgehead atoms. The summed E-state index contributed by atoms with van der Waals surface area (Å²) >= 11 is 0. The van der Waals surface area contributed by atoms with Crippen molar-refractivity contribution in [1.82, 2.24) is 5.32 Å². The van der Waals surface area contributed by atoms with E-state index in [9.17, 15) is 0 Å². The number of hydrogen-bond donors (Lipinski definition) is 1. The second-order valence-electron chi connectivity index (χ2n) is 7.54. The molecular weight excluding hydrogens is 290 g/mol. The first kappa shape index (κ1) is 14.5. The summed E-state index contributed by atoms with van der Waals surface area (Å²) in [5.74, 6) is 0.713. The highest BCUT2D eigenvalue weighted by atomic mass is 14.9. The highest BCUT2D eigenvalue weighted by molar-refractivity contribution is 6.09. The number of rotatable bonds is 1. The molecule has 1 fully saturated rings. The molecule has 1 nitrogen and oxygen atoms in total. The molecule has 0 spiro atoms. The van der Waals surface area contributed by atoms with E-state index in [4.69, 9.17) is 0 Å². The quantitative estimate of drug-likeness (QED) is 0.598. The SMILES string of the molecule is c1cc(C2CCNCC2)c2ccc3c4c(ccc3c2c1)CCCC4. The van der Waals surface area contributed by atoms with Crippen LogP contribution in [0.1, 0.15) is 48.3 Å². The molecule has 0 unspecified atom stereocenters. The first-order valence-electron chi connectivity index (χ1n) is 9.58. The van der Waals surface area contributed by atoms with Crippen LogP contribution in [0, 0.1) is 0 Å². The molecule has 0 amide bonds. The van der Waals surface area contributed by atoms with Crippen molar-refractivity contribution in [3.05, 3.63) is 59.2 Å². The summed E-state index contributed by atoms with van der Waals surface area (Å²) in [5.41, 5.74) is 4.77. The summed E-state index contributed by atoms with van der Waals surface area (Å²) in [6.07, 6.45) is 7.75. The van der Waals surface area contributed by atoms with Crippen LogP contribution in [0.4, 0.5) is 0 Å². The van der Waals surface area contributed by atoms with E-state index in [-0.39, 0.29) is 0 Å². The van der Waals surface area contributed by atoms with Gasteiger partial charge in [-0.1, -0.05) is 42.5 Å². The minimum absolute atomic E-state index is 0.713. The average Bonchev–Trinajstić information content (AvgIpc) is 2.67. The van der Waals surface area contributed by atoms with Gasteiger partial charge in [-0.15, -0.1) is 0 Å². The summed E-state index contributed by atoms with van der Waals surface area (Å²) in [4.78, 5) is 0. The number of benzene rings is 3. The Hall–Kier alpha value is -1.86. The molecular formula is C23H25N. The van der Waals surface area contributed by atoms with Crippen molar-refractivity contribution < 1.29 is 0 Å². The van der Waals surface area contributed by atoms with Gasteiger partial charge in [0, 0.05) is 0 Å². The Labute approximate surface area is 144 Å². The number of fused-ring (bicyclic) bond motifs is 5. The molecule has 24 heavy (non-hydrogen) atoms. The fraction of sp³-hybridized carbons (Fsp3) is 0.391. The maximum atomic E-state index is 3.50. The average molecular weight is 315 g/mol. The Bertz CT molecular complexity index is 903. The summed E-state index contributed by atoms with van der Waals surface area (Å²) < 4.78 is 0. The maximum Gasteiger partial charge on any atom is -0.00431 e. The van der Waals surface area contributed by atoms with Gasteiger partial charge in [-0.3, -0.25) is 0 Å². The predicted octanol–water partition coefficient (Wildman–Crippen LogP) is 5.34. The molecule has 0 aromatic heterocycles. The molecule has 0 saturated carbocycles. The summed E-state index contributed by atoms with van der Waals surface area (Å²) in [6, 6.07) is 16.6. The smallest absolute Gasteiger partial charge is 0.00431 e. The molecule has 0 radical (unpaired) electrons. The van der Waals surface area contributed by atoms with Crippen LogP contribution in [-0.4, -0.2) is 13.1 Å². The van der Waals surface area contributed by atoms with Gasteiger partial charge in [-0.05, 0) is 95.8 Å². The maximum absolute atomic E-state index is 3.50. The second-order valence-corrected chi connectivity index (χ2v) is 7.54. The molecule has 3 aromatic rings. The molecule has 1 aliphatic heterocycles. The van der Waals surface area contributed by atoms with Crippen LogP contribution in [0.5, 0.6) is 0 Å². The third-order valence-corrected chi connectivity index (χ3v) is 6.20. The number of piperidine rings is 1. The first-order chi connectivity index (χ1) is 11.9. The molecule has 122 valence electrons. The van der Waals surface area contributed by atoms with Gasteiger partial charge < -0.3 is 5.32 Å². The Balaban J connectivity index is 1.73. The fourth-order valence-corrected chi connectivity index (χ4v) is 4.94. The normalized spacial score (nSPS) is 18.8. The molecule has 1 aliphatic carbocycles. The first-order valence-corrected chi connectivity index (χ1v) is 9.58. The van der Waals surface area contributed by atoms with Crippen molar-refractivity contribution in [1.29, 1.82) is 0 Å². The molecule has 0 atom stereocenters. The van der Waals surface area contributed by atoms with Gasteiger partial charge in [0.25, 0.3) is 0 Å². The fourth-order valence-electron chi connectivity index (χ4n) is 4.94. The topological polar surface area (TPSA) is 12.0 Å². The van der Waals surface area contributed by atoms with E-state index in [0.29, 0.717) is 5.92 Å². The predicted molar refractivity (Wildman–Crippen MR) is 103 cm³/mol.